The Morgan fingerprint density at radius 2 is 2.00 bits per heavy atom. The second-order valence-electron chi connectivity index (χ2n) is 2.07. The molecule has 0 aliphatic heterocycles. The summed E-state index contributed by atoms with van der Waals surface area (Å²) in [6.07, 6.45) is 2.82. The van der Waals surface area contributed by atoms with E-state index in [0.29, 0.717) is 0 Å². The molecule has 36 valence electrons. The Hall–Kier alpha value is 0.480. The van der Waals surface area contributed by atoms with Gasteiger partial charge in [-0.2, -0.15) is 0 Å². The molecule has 0 saturated heterocycles. The van der Waals surface area contributed by atoms with Crippen LogP contribution >= 0.6 is 15.9 Å². The van der Waals surface area contributed by atoms with Crippen LogP contribution in [0.5, 0.6) is 0 Å². The van der Waals surface area contributed by atoms with Crippen molar-refractivity contribution < 1.29 is 0 Å². The van der Waals surface area contributed by atoms with Crippen LogP contribution in [0.1, 0.15) is 19.8 Å². The second kappa shape index (κ2) is 1.53. The minimum Gasteiger partial charge on any atom is -0.0888 e. The van der Waals surface area contributed by atoms with Crippen LogP contribution in [0.2, 0.25) is 0 Å². The van der Waals surface area contributed by atoms with Gasteiger partial charge >= 0.3 is 0 Å². The van der Waals surface area contributed by atoms with Gasteiger partial charge in [-0.1, -0.05) is 22.9 Å². The van der Waals surface area contributed by atoms with E-state index < -0.39 is 0 Å². The highest BCUT2D eigenvalue weighted by Crippen LogP contribution is 2.32. The third-order valence-corrected chi connectivity index (χ3v) is 2.88. The average molecular weight is 149 g/mol. The average Bonchev–Trinajstić information content (AvgIpc) is 1.61. The minimum absolute atomic E-state index is 0.845. The van der Waals surface area contributed by atoms with E-state index in [1.807, 2.05) is 0 Å². The van der Waals surface area contributed by atoms with Crippen molar-refractivity contribution in [2.75, 3.05) is 0 Å². The first kappa shape index (κ1) is 4.63. The van der Waals surface area contributed by atoms with Gasteiger partial charge in [0.1, 0.15) is 0 Å². The molecule has 2 atom stereocenters. The lowest BCUT2D eigenvalue weighted by molar-refractivity contribution is 0.369. The fourth-order valence-electron chi connectivity index (χ4n) is 0.626. The maximum Gasteiger partial charge on any atom is 0.0171 e. The molecular formula is C5H9Br. The Morgan fingerprint density at radius 3 is 2.00 bits per heavy atom. The van der Waals surface area contributed by atoms with Crippen LogP contribution in [0.25, 0.3) is 0 Å². The van der Waals surface area contributed by atoms with Crippen LogP contribution < -0.4 is 0 Å². The summed E-state index contributed by atoms with van der Waals surface area (Å²) in [5.41, 5.74) is 0. The summed E-state index contributed by atoms with van der Waals surface area (Å²) in [7, 11) is 0. The van der Waals surface area contributed by atoms with Crippen molar-refractivity contribution in [3.8, 4) is 0 Å². The van der Waals surface area contributed by atoms with E-state index in [-0.39, 0.29) is 0 Å². The molecule has 1 heteroatoms. The first-order valence-corrected chi connectivity index (χ1v) is 3.36. The van der Waals surface area contributed by atoms with Crippen LogP contribution in [-0.4, -0.2) is 4.83 Å². The van der Waals surface area contributed by atoms with Gasteiger partial charge in [0.15, 0.2) is 0 Å². The summed E-state index contributed by atoms with van der Waals surface area (Å²) >= 11 is 3.53. The monoisotopic (exact) mass is 148 g/mol. The topological polar surface area (TPSA) is 0 Å². The predicted octanol–water partition coefficient (Wildman–Crippen LogP) is 2.18. The van der Waals surface area contributed by atoms with Gasteiger partial charge in [0.05, 0.1) is 0 Å². The molecule has 0 aromatic carbocycles. The molecule has 0 nitrogen and oxygen atoms in total. The molecule has 1 saturated carbocycles. The SMILES string of the molecule is CC1CCC1Br. The third-order valence-electron chi connectivity index (χ3n) is 1.52. The van der Waals surface area contributed by atoms with E-state index in [4.69, 9.17) is 0 Å². The van der Waals surface area contributed by atoms with Gasteiger partial charge in [0, 0.05) is 4.83 Å². The summed E-state index contributed by atoms with van der Waals surface area (Å²) in [6.45, 7) is 2.28. The fraction of sp³-hybridized carbons (Fsp3) is 1.00. The molecule has 0 radical (unpaired) electrons. The zero-order valence-electron chi connectivity index (χ0n) is 3.95. The molecule has 1 rings (SSSR count). The summed E-state index contributed by atoms with van der Waals surface area (Å²) in [6, 6.07) is 0. The molecule has 1 aliphatic carbocycles. The molecule has 0 heterocycles. The Labute approximate surface area is 47.1 Å². The zero-order chi connectivity index (χ0) is 4.57. The van der Waals surface area contributed by atoms with Crippen LogP contribution in [0.15, 0.2) is 0 Å². The molecule has 0 spiro atoms. The number of hydrogen-bond acceptors (Lipinski definition) is 0. The predicted molar refractivity (Wildman–Crippen MR) is 31.1 cm³/mol. The Bertz CT molecular complexity index is 43.9. The van der Waals surface area contributed by atoms with Crippen LogP contribution in [-0.2, 0) is 0 Å². The molecule has 0 aromatic heterocycles. The second-order valence-corrected chi connectivity index (χ2v) is 3.25. The van der Waals surface area contributed by atoms with Gasteiger partial charge in [0.25, 0.3) is 0 Å². The van der Waals surface area contributed by atoms with Crippen molar-refractivity contribution in [1.29, 1.82) is 0 Å². The molecule has 0 N–H and O–H groups in total. The Kier molecular flexibility index (Phi) is 1.18. The van der Waals surface area contributed by atoms with Gasteiger partial charge in [-0.05, 0) is 18.8 Å². The quantitative estimate of drug-likeness (QED) is 0.463. The van der Waals surface area contributed by atoms with E-state index >= 15 is 0 Å². The lowest BCUT2D eigenvalue weighted by Gasteiger charge is -2.27. The highest BCUT2D eigenvalue weighted by atomic mass is 79.9. The van der Waals surface area contributed by atoms with Gasteiger partial charge in [-0.3, -0.25) is 0 Å². The lowest BCUT2D eigenvalue weighted by Crippen LogP contribution is -2.21. The molecule has 2 unspecified atom stereocenters. The number of rotatable bonds is 0. The minimum atomic E-state index is 0.845. The van der Waals surface area contributed by atoms with E-state index in [2.05, 4.69) is 22.9 Å². The van der Waals surface area contributed by atoms with E-state index in [1.54, 1.807) is 0 Å². The summed E-state index contributed by atoms with van der Waals surface area (Å²) < 4.78 is 0. The third kappa shape index (κ3) is 0.604. The molecule has 1 fully saturated rings. The van der Waals surface area contributed by atoms with Crippen LogP contribution in [0, 0.1) is 5.92 Å². The van der Waals surface area contributed by atoms with Crippen molar-refractivity contribution >= 4 is 15.9 Å². The molecule has 0 aromatic rings. The molecule has 6 heavy (non-hydrogen) atoms. The van der Waals surface area contributed by atoms with E-state index in [0.717, 1.165) is 10.7 Å². The number of alkyl halides is 1. The van der Waals surface area contributed by atoms with Crippen LogP contribution in [0.3, 0.4) is 0 Å². The first-order valence-electron chi connectivity index (χ1n) is 2.45. The van der Waals surface area contributed by atoms with Gasteiger partial charge in [-0.15, -0.1) is 0 Å². The molecule has 0 bridgehead atoms. The van der Waals surface area contributed by atoms with E-state index in [1.165, 1.54) is 12.8 Å². The normalized spacial score (nSPS) is 45.0. The Balaban J connectivity index is 2.20. The summed E-state index contributed by atoms with van der Waals surface area (Å²) in [5, 5.41) is 0. The maximum atomic E-state index is 3.53. The zero-order valence-corrected chi connectivity index (χ0v) is 5.53. The van der Waals surface area contributed by atoms with Crippen LogP contribution in [0.4, 0.5) is 0 Å². The number of halogens is 1. The lowest BCUT2D eigenvalue weighted by atomic mass is 9.87. The van der Waals surface area contributed by atoms with Crippen molar-refractivity contribution in [2.45, 2.75) is 24.6 Å². The standard InChI is InChI=1S/C5H9Br/c1-4-2-3-5(4)6/h4-5H,2-3H2,1H3. The highest BCUT2D eigenvalue weighted by Gasteiger charge is 2.22. The largest absolute Gasteiger partial charge is 0.0888 e. The van der Waals surface area contributed by atoms with Gasteiger partial charge < -0.3 is 0 Å². The van der Waals surface area contributed by atoms with Crippen molar-refractivity contribution in [3.63, 3.8) is 0 Å². The smallest absolute Gasteiger partial charge is 0.0171 e. The summed E-state index contributed by atoms with van der Waals surface area (Å²) in [4.78, 5) is 0.845. The first-order chi connectivity index (χ1) is 2.80. The fourth-order valence-corrected chi connectivity index (χ4v) is 1.15. The van der Waals surface area contributed by atoms with Crippen molar-refractivity contribution in [2.24, 2.45) is 5.92 Å². The van der Waals surface area contributed by atoms with Crippen molar-refractivity contribution in [1.82, 2.24) is 0 Å². The summed E-state index contributed by atoms with van der Waals surface area (Å²) in [5.74, 6) is 0.949. The van der Waals surface area contributed by atoms with Gasteiger partial charge in [-0.25, -0.2) is 0 Å². The van der Waals surface area contributed by atoms with E-state index in [9.17, 15) is 0 Å². The molecular weight excluding hydrogens is 140 g/mol. The maximum absolute atomic E-state index is 3.53. The Morgan fingerprint density at radius 1 is 1.50 bits per heavy atom. The van der Waals surface area contributed by atoms with Gasteiger partial charge in [0.2, 0.25) is 0 Å². The van der Waals surface area contributed by atoms with Crippen molar-refractivity contribution in [3.05, 3.63) is 0 Å². The number of hydrogen-bond donors (Lipinski definition) is 0. The molecule has 0 amide bonds. The highest BCUT2D eigenvalue weighted by molar-refractivity contribution is 9.09. The molecule has 1 aliphatic rings.